The predicted molar refractivity (Wildman–Crippen MR) is 100 cm³/mol. The van der Waals surface area contributed by atoms with E-state index in [0.717, 1.165) is 5.56 Å². The van der Waals surface area contributed by atoms with Gasteiger partial charge < -0.3 is 20.4 Å². The normalized spacial score (nSPS) is 22.8. The van der Waals surface area contributed by atoms with E-state index in [2.05, 4.69) is 5.32 Å². The van der Waals surface area contributed by atoms with Gasteiger partial charge in [0.05, 0.1) is 5.60 Å². The number of nitrogens with one attached hydrogen (secondary N) is 1. The van der Waals surface area contributed by atoms with E-state index < -0.39 is 22.6 Å². The number of carbonyl (C=O) groups is 2. The Morgan fingerprint density at radius 1 is 1.27 bits per heavy atom. The van der Waals surface area contributed by atoms with Crippen molar-refractivity contribution < 1.29 is 19.8 Å². The maximum absolute atomic E-state index is 12.7. The van der Waals surface area contributed by atoms with Crippen molar-refractivity contribution in [1.82, 2.24) is 10.2 Å². The number of carboxylic acid groups (broad SMARTS) is 1. The molecule has 3 N–H and O–H groups in total. The lowest BCUT2D eigenvalue weighted by Crippen LogP contribution is -2.58. The summed E-state index contributed by atoms with van der Waals surface area (Å²) in [6.45, 7) is 8.01. The zero-order valence-electron chi connectivity index (χ0n) is 15.7. The van der Waals surface area contributed by atoms with Crippen molar-refractivity contribution in [2.24, 2.45) is 5.41 Å². The van der Waals surface area contributed by atoms with E-state index in [0.29, 0.717) is 24.5 Å². The van der Waals surface area contributed by atoms with E-state index in [1.165, 1.54) is 0 Å². The van der Waals surface area contributed by atoms with Gasteiger partial charge in [0, 0.05) is 35.5 Å². The molecule has 1 aliphatic rings. The fourth-order valence-corrected chi connectivity index (χ4v) is 3.75. The maximum Gasteiger partial charge on any atom is 0.405 e. The van der Waals surface area contributed by atoms with Crippen LogP contribution in [-0.4, -0.2) is 45.7 Å². The van der Waals surface area contributed by atoms with Gasteiger partial charge in [0.2, 0.25) is 5.91 Å². The third-order valence-electron chi connectivity index (χ3n) is 5.16. The first-order chi connectivity index (χ1) is 11.9. The van der Waals surface area contributed by atoms with Gasteiger partial charge in [0.1, 0.15) is 0 Å². The number of piperidine rings is 1. The SMILES string of the molecule is CC(C)(CC(=O)N1CCC(O)(c2ccc(Cl)cc2)C(C)(C)C1)NC(=O)O. The summed E-state index contributed by atoms with van der Waals surface area (Å²) in [7, 11) is 0. The van der Waals surface area contributed by atoms with Gasteiger partial charge in [-0.05, 0) is 38.0 Å². The van der Waals surface area contributed by atoms with Crippen molar-refractivity contribution in [1.29, 1.82) is 0 Å². The van der Waals surface area contributed by atoms with Crippen LogP contribution >= 0.6 is 11.6 Å². The molecule has 144 valence electrons. The molecule has 2 rings (SSSR count). The Balaban J connectivity index is 2.13. The Bertz CT molecular complexity index is 687. The van der Waals surface area contributed by atoms with Crippen molar-refractivity contribution in [3.63, 3.8) is 0 Å². The molecule has 0 radical (unpaired) electrons. The van der Waals surface area contributed by atoms with Gasteiger partial charge in [-0.15, -0.1) is 0 Å². The Morgan fingerprint density at radius 3 is 2.35 bits per heavy atom. The van der Waals surface area contributed by atoms with E-state index >= 15 is 0 Å². The summed E-state index contributed by atoms with van der Waals surface area (Å²) in [5.41, 5.74) is -1.70. The average molecular weight is 383 g/mol. The second-order valence-electron chi connectivity index (χ2n) is 8.31. The molecule has 0 aromatic heterocycles. The summed E-state index contributed by atoms with van der Waals surface area (Å²) in [5, 5.41) is 23.2. The van der Waals surface area contributed by atoms with Gasteiger partial charge in [-0.3, -0.25) is 4.79 Å². The summed E-state index contributed by atoms with van der Waals surface area (Å²) < 4.78 is 0. The summed E-state index contributed by atoms with van der Waals surface area (Å²) >= 11 is 5.95. The van der Waals surface area contributed by atoms with Crippen LogP contribution in [0.3, 0.4) is 0 Å². The molecule has 1 aromatic rings. The monoisotopic (exact) mass is 382 g/mol. The molecule has 26 heavy (non-hydrogen) atoms. The topological polar surface area (TPSA) is 89.9 Å². The number of amides is 2. The summed E-state index contributed by atoms with van der Waals surface area (Å²) in [5.74, 6) is -0.130. The van der Waals surface area contributed by atoms with Crippen LogP contribution in [0.4, 0.5) is 4.79 Å². The molecule has 6 nitrogen and oxygen atoms in total. The number of nitrogens with zero attached hydrogens (tertiary/aromatic N) is 1. The molecule has 1 heterocycles. The van der Waals surface area contributed by atoms with E-state index in [4.69, 9.17) is 16.7 Å². The number of hydrogen-bond donors (Lipinski definition) is 3. The fraction of sp³-hybridized carbons (Fsp3) is 0.579. The average Bonchev–Trinajstić information content (AvgIpc) is 2.48. The number of halogens is 1. The van der Waals surface area contributed by atoms with Gasteiger partial charge in [0.25, 0.3) is 0 Å². The standard InChI is InChI=1S/C19H27ClN2O4/c1-17(2)12-22(15(23)11-18(3,4)21-16(24)25)10-9-19(17,26)13-5-7-14(20)8-6-13/h5-8,21,26H,9-12H2,1-4H3,(H,24,25). The fourth-order valence-electron chi connectivity index (χ4n) is 3.62. The lowest BCUT2D eigenvalue weighted by Gasteiger charge is -2.51. The van der Waals surface area contributed by atoms with E-state index in [1.54, 1.807) is 30.9 Å². The van der Waals surface area contributed by atoms with Gasteiger partial charge >= 0.3 is 6.09 Å². The van der Waals surface area contributed by atoms with Crippen LogP contribution in [0.25, 0.3) is 0 Å². The zero-order valence-corrected chi connectivity index (χ0v) is 16.4. The minimum absolute atomic E-state index is 0.0642. The van der Waals surface area contributed by atoms with Crippen molar-refractivity contribution >= 4 is 23.6 Å². The van der Waals surface area contributed by atoms with Gasteiger partial charge in [0.15, 0.2) is 0 Å². The molecule has 1 saturated heterocycles. The van der Waals surface area contributed by atoms with Crippen LogP contribution in [0.15, 0.2) is 24.3 Å². The van der Waals surface area contributed by atoms with Crippen molar-refractivity contribution in [2.45, 2.75) is 51.7 Å². The largest absolute Gasteiger partial charge is 0.465 e. The lowest BCUT2D eigenvalue weighted by molar-refractivity contribution is -0.154. The first-order valence-corrected chi connectivity index (χ1v) is 9.01. The molecular weight excluding hydrogens is 356 g/mol. The highest BCUT2D eigenvalue weighted by Crippen LogP contribution is 2.46. The Kier molecular flexibility index (Phi) is 5.59. The first-order valence-electron chi connectivity index (χ1n) is 8.64. The quantitative estimate of drug-likeness (QED) is 0.745. The smallest absolute Gasteiger partial charge is 0.405 e. The molecule has 2 amide bonds. The Labute approximate surface area is 159 Å². The summed E-state index contributed by atoms with van der Waals surface area (Å²) in [6.07, 6.45) is -0.687. The highest BCUT2D eigenvalue weighted by molar-refractivity contribution is 6.30. The number of carbonyl (C=O) groups excluding carboxylic acids is 1. The van der Waals surface area contributed by atoms with Gasteiger partial charge in [-0.2, -0.15) is 0 Å². The van der Waals surface area contributed by atoms with Crippen LogP contribution in [-0.2, 0) is 10.4 Å². The molecule has 0 spiro atoms. The molecular formula is C19H27ClN2O4. The molecule has 1 fully saturated rings. The highest BCUT2D eigenvalue weighted by atomic mass is 35.5. The number of rotatable bonds is 4. The Hall–Kier alpha value is -1.79. The van der Waals surface area contributed by atoms with Crippen LogP contribution in [0, 0.1) is 5.41 Å². The van der Waals surface area contributed by atoms with E-state index in [-0.39, 0.29) is 12.3 Å². The van der Waals surface area contributed by atoms with Crippen LogP contribution in [0.2, 0.25) is 5.02 Å². The maximum atomic E-state index is 12.7. The predicted octanol–water partition coefficient (Wildman–Crippen LogP) is 3.22. The number of benzene rings is 1. The molecule has 1 aliphatic heterocycles. The zero-order chi connectivity index (χ0) is 19.8. The molecule has 1 aromatic carbocycles. The molecule has 1 atom stereocenters. The molecule has 0 aliphatic carbocycles. The minimum atomic E-state index is -1.15. The second-order valence-corrected chi connectivity index (χ2v) is 8.74. The third kappa shape index (κ3) is 4.30. The van der Waals surface area contributed by atoms with E-state index in [9.17, 15) is 14.7 Å². The van der Waals surface area contributed by atoms with Crippen LogP contribution < -0.4 is 5.32 Å². The van der Waals surface area contributed by atoms with Crippen molar-refractivity contribution in [2.75, 3.05) is 13.1 Å². The highest BCUT2D eigenvalue weighted by Gasteiger charge is 2.49. The second kappa shape index (κ2) is 7.08. The summed E-state index contributed by atoms with van der Waals surface area (Å²) in [6, 6.07) is 7.15. The third-order valence-corrected chi connectivity index (χ3v) is 5.41. The number of hydrogen-bond acceptors (Lipinski definition) is 3. The molecule has 0 bridgehead atoms. The lowest BCUT2D eigenvalue weighted by atomic mass is 9.66. The minimum Gasteiger partial charge on any atom is -0.465 e. The van der Waals surface area contributed by atoms with Crippen LogP contribution in [0.1, 0.15) is 46.1 Å². The number of aliphatic hydroxyl groups is 1. The van der Waals surface area contributed by atoms with Crippen molar-refractivity contribution in [3.05, 3.63) is 34.9 Å². The molecule has 7 heteroatoms. The van der Waals surface area contributed by atoms with E-state index in [1.807, 2.05) is 26.0 Å². The molecule has 1 unspecified atom stereocenters. The van der Waals surface area contributed by atoms with Gasteiger partial charge in [-0.25, -0.2) is 4.79 Å². The molecule has 0 saturated carbocycles. The first kappa shape index (κ1) is 20.5. The van der Waals surface area contributed by atoms with Crippen molar-refractivity contribution in [3.8, 4) is 0 Å². The Morgan fingerprint density at radius 2 is 1.85 bits per heavy atom. The summed E-state index contributed by atoms with van der Waals surface area (Å²) in [4.78, 5) is 25.2. The van der Waals surface area contributed by atoms with Crippen LogP contribution in [0.5, 0.6) is 0 Å². The van der Waals surface area contributed by atoms with Gasteiger partial charge in [-0.1, -0.05) is 37.6 Å². The number of likely N-dealkylation sites (tertiary alicyclic amines) is 1.